The van der Waals surface area contributed by atoms with Gasteiger partial charge in [-0.3, -0.25) is 9.59 Å². The zero-order valence-electron chi connectivity index (χ0n) is 14.8. The molecule has 1 atom stereocenters. The van der Waals surface area contributed by atoms with Gasteiger partial charge in [0.15, 0.2) is 0 Å². The fourth-order valence-electron chi connectivity index (χ4n) is 2.38. The van der Waals surface area contributed by atoms with Crippen molar-refractivity contribution in [2.75, 3.05) is 0 Å². The minimum Gasteiger partial charge on any atom is -0.465 e. The predicted octanol–water partition coefficient (Wildman–Crippen LogP) is 3.66. The van der Waals surface area contributed by atoms with Crippen molar-refractivity contribution in [3.05, 3.63) is 65.2 Å². The Labute approximate surface area is 148 Å². The van der Waals surface area contributed by atoms with E-state index in [2.05, 4.69) is 17.6 Å². The molecule has 0 saturated heterocycles. The highest BCUT2D eigenvalue weighted by molar-refractivity contribution is 6.05. The minimum absolute atomic E-state index is 0.0220. The first kappa shape index (κ1) is 18.5. The van der Waals surface area contributed by atoms with E-state index in [4.69, 9.17) is 4.42 Å². The molecule has 1 unspecified atom stereocenters. The number of benzene rings is 1. The van der Waals surface area contributed by atoms with Crippen LogP contribution in [0.5, 0.6) is 0 Å². The zero-order valence-corrected chi connectivity index (χ0v) is 14.8. The number of carbonyl (C=O) groups is 2. The van der Waals surface area contributed by atoms with Gasteiger partial charge in [0.1, 0.15) is 11.5 Å². The maximum absolute atomic E-state index is 12.5. The smallest absolute Gasteiger partial charge is 0.268 e. The molecule has 2 amide bonds. The summed E-state index contributed by atoms with van der Waals surface area (Å²) >= 11 is 0. The summed E-state index contributed by atoms with van der Waals surface area (Å²) in [7, 11) is 0. The Morgan fingerprint density at radius 1 is 1.20 bits per heavy atom. The third kappa shape index (κ3) is 5.64. The van der Waals surface area contributed by atoms with Crippen LogP contribution in [0.15, 0.2) is 52.8 Å². The summed E-state index contributed by atoms with van der Waals surface area (Å²) < 4.78 is 5.26. The van der Waals surface area contributed by atoms with Gasteiger partial charge >= 0.3 is 0 Å². The van der Waals surface area contributed by atoms with Crippen LogP contribution in [0.1, 0.15) is 48.4 Å². The maximum atomic E-state index is 12.5. The summed E-state index contributed by atoms with van der Waals surface area (Å²) in [5, 5.41) is 5.58. The van der Waals surface area contributed by atoms with E-state index in [0.29, 0.717) is 11.3 Å². The lowest BCUT2D eigenvalue weighted by Crippen LogP contribution is -2.39. The molecule has 1 heterocycles. The second-order valence-corrected chi connectivity index (χ2v) is 6.06. The summed E-state index contributed by atoms with van der Waals surface area (Å²) in [5.41, 5.74) is 1.71. The molecule has 132 valence electrons. The minimum atomic E-state index is -0.337. The highest BCUT2D eigenvalue weighted by atomic mass is 16.3. The first-order valence-electron chi connectivity index (χ1n) is 8.43. The average Bonchev–Trinajstić information content (AvgIpc) is 3.08. The van der Waals surface area contributed by atoms with Crippen LogP contribution in [0.4, 0.5) is 0 Å². The third-order valence-corrected chi connectivity index (χ3v) is 3.74. The molecule has 25 heavy (non-hydrogen) atoms. The van der Waals surface area contributed by atoms with Crippen molar-refractivity contribution in [1.82, 2.24) is 10.6 Å². The van der Waals surface area contributed by atoms with Gasteiger partial charge in [-0.2, -0.15) is 0 Å². The van der Waals surface area contributed by atoms with Crippen LogP contribution in [-0.2, 0) is 4.79 Å². The van der Waals surface area contributed by atoms with Crippen LogP contribution >= 0.6 is 0 Å². The number of rotatable bonds is 7. The van der Waals surface area contributed by atoms with Crippen molar-refractivity contribution in [3.63, 3.8) is 0 Å². The van der Waals surface area contributed by atoms with E-state index in [1.54, 1.807) is 24.3 Å². The monoisotopic (exact) mass is 340 g/mol. The van der Waals surface area contributed by atoms with Crippen molar-refractivity contribution in [3.8, 4) is 0 Å². The Morgan fingerprint density at radius 2 is 1.92 bits per heavy atom. The quantitative estimate of drug-likeness (QED) is 0.756. The Kier molecular flexibility index (Phi) is 6.57. The van der Waals surface area contributed by atoms with Gasteiger partial charge in [-0.05, 0) is 44.5 Å². The third-order valence-electron chi connectivity index (χ3n) is 3.74. The zero-order chi connectivity index (χ0) is 18.2. The Hall–Kier alpha value is -2.82. The van der Waals surface area contributed by atoms with Gasteiger partial charge in [-0.15, -0.1) is 0 Å². The Bertz CT molecular complexity index is 731. The summed E-state index contributed by atoms with van der Waals surface area (Å²) in [5.74, 6) is -0.175. The lowest BCUT2D eigenvalue weighted by Gasteiger charge is -2.15. The molecule has 1 aromatic carbocycles. The van der Waals surface area contributed by atoms with Crippen molar-refractivity contribution >= 4 is 17.9 Å². The van der Waals surface area contributed by atoms with Gasteiger partial charge in [-0.25, -0.2) is 0 Å². The molecule has 0 aliphatic carbocycles. The van der Waals surface area contributed by atoms with Crippen molar-refractivity contribution < 1.29 is 14.0 Å². The highest BCUT2D eigenvalue weighted by Crippen LogP contribution is 2.09. The largest absolute Gasteiger partial charge is 0.465 e. The van der Waals surface area contributed by atoms with E-state index >= 15 is 0 Å². The second kappa shape index (κ2) is 8.87. The normalized spacial score (nSPS) is 12.5. The molecule has 2 aromatic rings. The van der Waals surface area contributed by atoms with E-state index in [1.165, 1.54) is 12.3 Å². The fourth-order valence-corrected chi connectivity index (χ4v) is 2.38. The summed E-state index contributed by atoms with van der Waals surface area (Å²) in [6.07, 6.45) is 4.88. The van der Waals surface area contributed by atoms with E-state index in [0.717, 1.165) is 18.4 Å². The number of amides is 2. The Morgan fingerprint density at radius 3 is 2.52 bits per heavy atom. The van der Waals surface area contributed by atoms with Crippen LogP contribution in [0, 0.1) is 6.92 Å². The first-order chi connectivity index (χ1) is 12.0. The van der Waals surface area contributed by atoms with Gasteiger partial charge in [0.25, 0.3) is 11.8 Å². The molecule has 0 aliphatic rings. The number of aryl methyl sites for hydroxylation is 1. The van der Waals surface area contributed by atoms with Crippen LogP contribution < -0.4 is 10.6 Å². The van der Waals surface area contributed by atoms with Gasteiger partial charge < -0.3 is 15.1 Å². The maximum Gasteiger partial charge on any atom is 0.268 e. The molecule has 0 radical (unpaired) electrons. The second-order valence-electron chi connectivity index (χ2n) is 6.06. The van der Waals surface area contributed by atoms with E-state index in [9.17, 15) is 9.59 Å². The van der Waals surface area contributed by atoms with Crippen molar-refractivity contribution in [1.29, 1.82) is 0 Å². The number of hydrogen-bond donors (Lipinski definition) is 2. The first-order valence-corrected chi connectivity index (χ1v) is 8.43. The predicted molar refractivity (Wildman–Crippen MR) is 97.8 cm³/mol. The molecule has 0 spiro atoms. The summed E-state index contributed by atoms with van der Waals surface area (Å²) in [6.45, 7) is 5.95. The van der Waals surface area contributed by atoms with Crippen LogP contribution in [0.25, 0.3) is 6.08 Å². The van der Waals surface area contributed by atoms with E-state index < -0.39 is 0 Å². The van der Waals surface area contributed by atoms with Crippen LogP contribution in [-0.4, -0.2) is 17.9 Å². The molecule has 2 N–H and O–H groups in total. The number of furan rings is 1. The molecular formula is C20H24N2O3. The van der Waals surface area contributed by atoms with Crippen molar-refractivity contribution in [2.24, 2.45) is 0 Å². The summed E-state index contributed by atoms with van der Waals surface area (Å²) in [4.78, 5) is 25.0. The lowest BCUT2D eigenvalue weighted by atomic mass is 10.1. The highest BCUT2D eigenvalue weighted by Gasteiger charge is 2.16. The molecule has 5 nitrogen and oxygen atoms in total. The van der Waals surface area contributed by atoms with E-state index in [-0.39, 0.29) is 23.6 Å². The van der Waals surface area contributed by atoms with Gasteiger partial charge in [0.2, 0.25) is 0 Å². The van der Waals surface area contributed by atoms with Crippen LogP contribution in [0.3, 0.4) is 0 Å². The van der Waals surface area contributed by atoms with E-state index in [1.807, 2.05) is 26.0 Å². The molecule has 1 aromatic heterocycles. The number of carbonyl (C=O) groups excluding carboxylic acids is 2. The van der Waals surface area contributed by atoms with Gasteiger partial charge in [-0.1, -0.05) is 31.0 Å². The number of hydrogen-bond acceptors (Lipinski definition) is 3. The molecule has 0 bridgehead atoms. The Balaban J connectivity index is 2.18. The van der Waals surface area contributed by atoms with Crippen molar-refractivity contribution in [2.45, 2.75) is 39.7 Å². The van der Waals surface area contributed by atoms with Crippen LogP contribution in [0.2, 0.25) is 0 Å². The van der Waals surface area contributed by atoms with Gasteiger partial charge in [0.05, 0.1) is 6.26 Å². The lowest BCUT2D eigenvalue weighted by molar-refractivity contribution is -0.118. The fraction of sp³-hybridized carbons (Fsp3) is 0.300. The molecular weight excluding hydrogens is 316 g/mol. The standard InChI is InChI=1S/C20H24N2O3/c1-4-6-15(3)21-20(24)18(13-17-7-5-12-25-17)22-19(23)16-10-8-14(2)9-11-16/h5,7-13,15H,4,6H2,1-3H3,(H,21,24)(H,22,23)/b18-13-. The molecule has 0 fully saturated rings. The SMILES string of the molecule is CCCC(C)NC(=O)/C(=C/c1ccco1)NC(=O)c1ccc(C)cc1. The molecule has 0 saturated carbocycles. The number of nitrogens with one attached hydrogen (secondary N) is 2. The summed E-state index contributed by atoms with van der Waals surface area (Å²) in [6, 6.07) is 10.6. The molecule has 2 rings (SSSR count). The topological polar surface area (TPSA) is 71.3 Å². The molecule has 0 aliphatic heterocycles. The average molecular weight is 340 g/mol. The molecule has 5 heteroatoms. The van der Waals surface area contributed by atoms with Gasteiger partial charge in [0, 0.05) is 17.7 Å².